The van der Waals surface area contributed by atoms with Crippen molar-refractivity contribution in [2.24, 2.45) is 0 Å². The molecule has 2 aromatic carbocycles. The molecule has 0 radical (unpaired) electrons. The number of rotatable bonds is 4. The van der Waals surface area contributed by atoms with E-state index in [0.29, 0.717) is 47.9 Å². The molecule has 166 valence electrons. The van der Waals surface area contributed by atoms with E-state index in [2.05, 4.69) is 9.97 Å². The smallest absolute Gasteiger partial charge is 0.267 e. The molecule has 1 aromatic heterocycles. The standard InChI is InChI=1S/C22H21ClN4O4S/c23-14-5-6-15-16(11-14)25-22(24-15)32-13-20(28)26-7-9-27(10-8-26)21(29)19-12-30-17-3-1-2-4-18(17)31-19/h1-6,11,19H,7-10,12-13H2,(H,24,25)/t19-/m0/s1. The molecular formula is C22H21ClN4O4S. The van der Waals surface area contributed by atoms with Crippen molar-refractivity contribution in [1.29, 1.82) is 0 Å². The van der Waals surface area contributed by atoms with E-state index in [1.807, 2.05) is 30.3 Å². The first-order valence-corrected chi connectivity index (χ1v) is 11.7. The summed E-state index contributed by atoms with van der Waals surface area (Å²) in [7, 11) is 0. The number of piperazine rings is 1. The Morgan fingerprint density at radius 1 is 1.09 bits per heavy atom. The van der Waals surface area contributed by atoms with Crippen molar-refractivity contribution in [3.63, 3.8) is 0 Å². The second-order valence-corrected chi connectivity index (χ2v) is 8.96. The van der Waals surface area contributed by atoms with E-state index in [-0.39, 0.29) is 24.2 Å². The van der Waals surface area contributed by atoms with E-state index >= 15 is 0 Å². The highest BCUT2D eigenvalue weighted by Crippen LogP contribution is 2.31. The van der Waals surface area contributed by atoms with Gasteiger partial charge < -0.3 is 24.3 Å². The zero-order valence-electron chi connectivity index (χ0n) is 17.1. The summed E-state index contributed by atoms with van der Waals surface area (Å²) in [5.74, 6) is 1.42. The monoisotopic (exact) mass is 472 g/mol. The highest BCUT2D eigenvalue weighted by molar-refractivity contribution is 7.99. The zero-order chi connectivity index (χ0) is 22.1. The molecule has 0 aliphatic carbocycles. The number of H-pyrrole nitrogens is 1. The predicted octanol–water partition coefficient (Wildman–Crippen LogP) is 2.82. The molecule has 3 heterocycles. The van der Waals surface area contributed by atoms with E-state index in [0.717, 1.165) is 11.0 Å². The Hall–Kier alpha value is -2.91. The number of thioether (sulfide) groups is 1. The van der Waals surface area contributed by atoms with Crippen LogP contribution in [0, 0.1) is 0 Å². The van der Waals surface area contributed by atoms with Gasteiger partial charge in [0.25, 0.3) is 5.91 Å². The lowest BCUT2D eigenvalue weighted by Crippen LogP contribution is -2.55. The number of carbonyl (C=O) groups is 2. The molecule has 1 fully saturated rings. The SMILES string of the molecule is O=C(CSc1nc2ccc(Cl)cc2[nH]1)N1CCN(C(=O)[C@@H]2COc3ccccc3O2)CC1. The number of halogens is 1. The Bertz CT molecular complexity index is 1160. The van der Waals surface area contributed by atoms with Gasteiger partial charge in [0, 0.05) is 31.2 Å². The van der Waals surface area contributed by atoms with Crippen LogP contribution in [-0.2, 0) is 9.59 Å². The lowest BCUT2D eigenvalue weighted by Gasteiger charge is -2.37. The van der Waals surface area contributed by atoms with Crippen LogP contribution >= 0.6 is 23.4 Å². The number of aromatic amines is 1. The molecule has 1 N–H and O–H groups in total. The average molecular weight is 473 g/mol. The van der Waals surface area contributed by atoms with Crippen LogP contribution < -0.4 is 9.47 Å². The van der Waals surface area contributed by atoms with Crippen LogP contribution in [0.4, 0.5) is 0 Å². The van der Waals surface area contributed by atoms with Gasteiger partial charge in [0.1, 0.15) is 6.61 Å². The van der Waals surface area contributed by atoms with Crippen molar-refractivity contribution in [2.75, 3.05) is 38.5 Å². The first kappa shape index (κ1) is 21.0. The average Bonchev–Trinajstić information content (AvgIpc) is 3.24. The molecule has 2 aliphatic rings. The molecule has 1 atom stereocenters. The minimum atomic E-state index is -0.663. The number of hydrogen-bond acceptors (Lipinski definition) is 6. The molecule has 1 saturated heterocycles. The van der Waals surface area contributed by atoms with Gasteiger partial charge in [-0.25, -0.2) is 4.98 Å². The Morgan fingerprint density at radius 2 is 1.84 bits per heavy atom. The van der Waals surface area contributed by atoms with Crippen LogP contribution in [0.3, 0.4) is 0 Å². The van der Waals surface area contributed by atoms with Crippen LogP contribution in [0.25, 0.3) is 11.0 Å². The summed E-state index contributed by atoms with van der Waals surface area (Å²) in [6.45, 7) is 2.12. The number of ether oxygens (including phenoxy) is 2. The largest absolute Gasteiger partial charge is 0.485 e. The maximum absolute atomic E-state index is 12.9. The van der Waals surface area contributed by atoms with E-state index in [1.165, 1.54) is 11.8 Å². The topological polar surface area (TPSA) is 87.8 Å². The van der Waals surface area contributed by atoms with Gasteiger partial charge in [-0.15, -0.1) is 0 Å². The Balaban J connectivity index is 1.11. The third-order valence-corrected chi connectivity index (χ3v) is 6.58. The Labute approximate surface area is 193 Å². The molecule has 2 amide bonds. The van der Waals surface area contributed by atoms with Crippen LogP contribution in [0.1, 0.15) is 0 Å². The number of aromatic nitrogens is 2. The fourth-order valence-electron chi connectivity index (χ4n) is 3.77. The van der Waals surface area contributed by atoms with E-state index < -0.39 is 6.10 Å². The predicted molar refractivity (Wildman–Crippen MR) is 121 cm³/mol. The van der Waals surface area contributed by atoms with Gasteiger partial charge in [-0.1, -0.05) is 35.5 Å². The molecule has 8 nitrogen and oxygen atoms in total. The summed E-state index contributed by atoms with van der Waals surface area (Å²) in [6.07, 6.45) is -0.663. The second kappa shape index (κ2) is 8.91. The molecule has 3 aromatic rings. The summed E-state index contributed by atoms with van der Waals surface area (Å²) in [5, 5.41) is 1.31. The third kappa shape index (κ3) is 4.35. The maximum Gasteiger partial charge on any atom is 0.267 e. The molecule has 5 rings (SSSR count). The van der Waals surface area contributed by atoms with Gasteiger partial charge in [-0.05, 0) is 30.3 Å². The number of nitrogens with zero attached hydrogens (tertiary/aromatic N) is 3. The first-order valence-electron chi connectivity index (χ1n) is 10.3. The van der Waals surface area contributed by atoms with Crippen molar-refractivity contribution < 1.29 is 19.1 Å². The number of hydrogen-bond donors (Lipinski definition) is 1. The molecule has 2 aliphatic heterocycles. The van der Waals surface area contributed by atoms with Gasteiger partial charge >= 0.3 is 0 Å². The molecule has 0 spiro atoms. The molecular weight excluding hydrogens is 452 g/mol. The van der Waals surface area contributed by atoms with Crippen molar-refractivity contribution in [2.45, 2.75) is 11.3 Å². The summed E-state index contributed by atoms with van der Waals surface area (Å²) in [4.78, 5) is 36.7. The summed E-state index contributed by atoms with van der Waals surface area (Å²) in [6, 6.07) is 12.8. The fourth-order valence-corrected chi connectivity index (χ4v) is 4.73. The van der Waals surface area contributed by atoms with E-state index in [9.17, 15) is 9.59 Å². The normalized spacial score (nSPS) is 18.1. The minimum absolute atomic E-state index is 0.0202. The zero-order valence-corrected chi connectivity index (χ0v) is 18.7. The third-order valence-electron chi connectivity index (χ3n) is 5.48. The van der Waals surface area contributed by atoms with Crippen LogP contribution in [0.2, 0.25) is 5.02 Å². The van der Waals surface area contributed by atoms with Crippen molar-refractivity contribution in [1.82, 2.24) is 19.8 Å². The Kier molecular flexibility index (Phi) is 5.84. The van der Waals surface area contributed by atoms with Crippen molar-refractivity contribution in [3.05, 3.63) is 47.5 Å². The van der Waals surface area contributed by atoms with Gasteiger partial charge in [0.05, 0.1) is 16.8 Å². The molecule has 0 bridgehead atoms. The van der Waals surface area contributed by atoms with Gasteiger partial charge in [-0.3, -0.25) is 9.59 Å². The van der Waals surface area contributed by atoms with Gasteiger partial charge in [0.15, 0.2) is 16.7 Å². The molecule has 10 heteroatoms. The summed E-state index contributed by atoms with van der Waals surface area (Å²) in [5.41, 5.74) is 1.66. The molecule has 0 unspecified atom stereocenters. The van der Waals surface area contributed by atoms with Crippen molar-refractivity contribution in [3.8, 4) is 11.5 Å². The number of para-hydroxylation sites is 2. The minimum Gasteiger partial charge on any atom is -0.485 e. The van der Waals surface area contributed by atoms with Crippen LogP contribution in [0.5, 0.6) is 11.5 Å². The van der Waals surface area contributed by atoms with Crippen molar-refractivity contribution >= 4 is 46.2 Å². The molecule has 32 heavy (non-hydrogen) atoms. The van der Waals surface area contributed by atoms with Crippen LogP contribution in [0.15, 0.2) is 47.6 Å². The van der Waals surface area contributed by atoms with Gasteiger partial charge in [0.2, 0.25) is 12.0 Å². The van der Waals surface area contributed by atoms with E-state index in [1.54, 1.807) is 21.9 Å². The maximum atomic E-state index is 12.9. The van der Waals surface area contributed by atoms with Gasteiger partial charge in [-0.2, -0.15) is 0 Å². The number of benzene rings is 2. The number of nitrogens with one attached hydrogen (secondary N) is 1. The summed E-state index contributed by atoms with van der Waals surface area (Å²) >= 11 is 7.36. The lowest BCUT2D eigenvalue weighted by molar-refractivity contribution is -0.145. The Morgan fingerprint density at radius 3 is 2.66 bits per heavy atom. The number of fused-ring (bicyclic) bond motifs is 2. The fraction of sp³-hybridized carbons (Fsp3) is 0.318. The summed E-state index contributed by atoms with van der Waals surface area (Å²) < 4.78 is 11.5. The lowest BCUT2D eigenvalue weighted by atomic mass is 10.2. The van der Waals surface area contributed by atoms with Crippen LogP contribution in [-0.4, -0.2) is 76.2 Å². The van der Waals surface area contributed by atoms with E-state index in [4.69, 9.17) is 21.1 Å². The number of imidazole rings is 1. The first-order chi connectivity index (χ1) is 15.6. The number of amides is 2. The number of carbonyl (C=O) groups excluding carboxylic acids is 2. The highest BCUT2D eigenvalue weighted by Gasteiger charge is 2.33. The second-order valence-electron chi connectivity index (χ2n) is 7.56. The quantitative estimate of drug-likeness (QED) is 0.587. The highest BCUT2D eigenvalue weighted by atomic mass is 35.5. The molecule has 0 saturated carbocycles.